The summed E-state index contributed by atoms with van der Waals surface area (Å²) in [6, 6.07) is 1.38. The number of carboxylic acid groups (broad SMARTS) is 1. The van der Waals surface area contributed by atoms with Crippen LogP contribution in [0.3, 0.4) is 0 Å². The van der Waals surface area contributed by atoms with Gasteiger partial charge in [0, 0.05) is 5.92 Å². The van der Waals surface area contributed by atoms with Crippen LogP contribution in [0.15, 0.2) is 6.07 Å². The molecule has 0 aromatic heterocycles. The Hall–Kier alpha value is -0.840. The summed E-state index contributed by atoms with van der Waals surface area (Å²) in [6.07, 6.45) is 3.23. The van der Waals surface area contributed by atoms with E-state index in [4.69, 9.17) is 0 Å². The van der Waals surface area contributed by atoms with E-state index in [1.807, 2.05) is 13.8 Å². The Morgan fingerprint density at radius 2 is 1.54 bits per heavy atom. The van der Waals surface area contributed by atoms with Gasteiger partial charge in [0.25, 0.3) is 0 Å². The standard InChI is InChI=1S/C29H42O8S.Na/c1-15-19-16(13-17(30)20(15)31)27(4)10-12-28(5)18-14-26(3,24(33)34)8-7-25(18,2)9-11-29(28,6)23(27)21(32)22(19)38(35,36)37;/h13,18,21-23,30-32H,7-12,14H2,1-6H3,(H,33,34)(H,35,36,37);/q;+1/p-1/t18-,21?,22?,23?,25-,26-,27+,28+,29-;/m1./s1. The summed E-state index contributed by atoms with van der Waals surface area (Å²) in [5.74, 6) is -2.24. The van der Waals surface area contributed by atoms with Gasteiger partial charge in [0.15, 0.2) is 11.5 Å². The van der Waals surface area contributed by atoms with Gasteiger partial charge in [-0.25, -0.2) is 8.42 Å². The molecule has 0 aliphatic heterocycles. The molecule has 1 aromatic rings. The van der Waals surface area contributed by atoms with Crippen LogP contribution in [-0.4, -0.2) is 45.5 Å². The molecule has 3 saturated carbocycles. The van der Waals surface area contributed by atoms with Crippen LogP contribution in [0.4, 0.5) is 0 Å². The number of hydrogen-bond donors (Lipinski definition) is 4. The molecule has 3 unspecified atom stereocenters. The van der Waals surface area contributed by atoms with Crippen molar-refractivity contribution in [3.8, 4) is 11.5 Å². The Labute approximate surface area is 253 Å². The van der Waals surface area contributed by atoms with E-state index < -0.39 is 60.8 Å². The molecule has 0 heterocycles. The van der Waals surface area contributed by atoms with E-state index >= 15 is 0 Å². The molecule has 10 heteroatoms. The van der Waals surface area contributed by atoms with Crippen LogP contribution in [0.1, 0.15) is 102 Å². The molecule has 0 saturated heterocycles. The van der Waals surface area contributed by atoms with Crippen LogP contribution in [0.2, 0.25) is 0 Å². The third-order valence-electron chi connectivity index (χ3n) is 12.5. The molecule has 4 aliphatic carbocycles. The summed E-state index contributed by atoms with van der Waals surface area (Å²) >= 11 is 0. The Bertz CT molecular complexity index is 1330. The van der Waals surface area contributed by atoms with Crippen molar-refractivity contribution in [3.05, 3.63) is 22.8 Å². The first-order valence-corrected chi connectivity index (χ1v) is 15.2. The summed E-state index contributed by atoms with van der Waals surface area (Å²) < 4.78 is 38.2. The Kier molecular flexibility index (Phi) is 7.24. The van der Waals surface area contributed by atoms with Gasteiger partial charge in [0.05, 0.1) is 11.5 Å². The molecule has 0 radical (unpaired) electrons. The zero-order valence-corrected chi connectivity index (χ0v) is 27.0. The molecule has 4 N–H and O–H groups in total. The average Bonchev–Trinajstić information content (AvgIpc) is 2.80. The fourth-order valence-electron chi connectivity index (χ4n) is 9.96. The number of phenols is 2. The number of aliphatic hydroxyl groups is 1. The molecular weight excluding hydrogens is 531 g/mol. The van der Waals surface area contributed by atoms with Gasteiger partial charge >= 0.3 is 35.5 Å². The molecule has 9 atom stereocenters. The first kappa shape index (κ1) is 31.1. The number of hydrogen-bond acceptors (Lipinski definition) is 7. The third kappa shape index (κ3) is 3.93. The van der Waals surface area contributed by atoms with Gasteiger partial charge in [-0.05, 0) is 109 Å². The number of phenolic OH excluding ortho intramolecular Hbond substituents is 2. The minimum Gasteiger partial charge on any atom is -0.747 e. The van der Waals surface area contributed by atoms with Crippen molar-refractivity contribution in [3.63, 3.8) is 0 Å². The molecule has 39 heavy (non-hydrogen) atoms. The Morgan fingerprint density at radius 3 is 2.10 bits per heavy atom. The maximum absolute atomic E-state index is 12.7. The second-order valence-corrected chi connectivity index (χ2v) is 15.7. The van der Waals surface area contributed by atoms with Gasteiger partial charge in [-0.15, -0.1) is 0 Å². The van der Waals surface area contributed by atoms with E-state index in [2.05, 4.69) is 20.8 Å². The zero-order valence-electron chi connectivity index (χ0n) is 24.2. The van der Waals surface area contributed by atoms with Crippen LogP contribution >= 0.6 is 0 Å². The number of benzene rings is 1. The monoisotopic (exact) mass is 572 g/mol. The summed E-state index contributed by atoms with van der Waals surface area (Å²) in [7, 11) is -5.04. The van der Waals surface area contributed by atoms with Crippen LogP contribution in [0, 0.1) is 40.4 Å². The summed E-state index contributed by atoms with van der Waals surface area (Å²) in [4.78, 5) is 12.3. The molecule has 0 spiro atoms. The van der Waals surface area contributed by atoms with Gasteiger partial charge in [-0.1, -0.05) is 27.7 Å². The second-order valence-electron chi connectivity index (χ2n) is 14.2. The van der Waals surface area contributed by atoms with Crippen molar-refractivity contribution in [2.75, 3.05) is 0 Å². The fourth-order valence-corrected chi connectivity index (χ4v) is 11.1. The summed E-state index contributed by atoms with van der Waals surface area (Å²) in [6.45, 7) is 11.8. The largest absolute Gasteiger partial charge is 1.00 e. The van der Waals surface area contributed by atoms with Crippen molar-refractivity contribution in [2.45, 2.75) is 103 Å². The number of aliphatic carboxylic acids is 1. The van der Waals surface area contributed by atoms with Crippen molar-refractivity contribution in [1.82, 2.24) is 0 Å². The smallest absolute Gasteiger partial charge is 0.747 e. The SMILES string of the molecule is Cc1c(O)c(O)cc2c1C(S(=O)(=O)[O-])C(O)C1[C@@]2(C)CC[C@@]2(C)[C@@H]3C[C@](C)(C(=O)O)CC[C@]3(C)CC[C@]12C.[Na+]. The first-order chi connectivity index (χ1) is 17.3. The number of fused-ring (bicyclic) bond motifs is 7. The van der Waals surface area contributed by atoms with Crippen LogP contribution < -0.4 is 29.6 Å². The average molecular weight is 573 g/mol. The van der Waals surface area contributed by atoms with E-state index in [9.17, 15) is 38.2 Å². The summed E-state index contributed by atoms with van der Waals surface area (Å²) in [5.41, 5.74) is -2.01. The van der Waals surface area contributed by atoms with Crippen LogP contribution in [0.5, 0.6) is 11.5 Å². The topological polar surface area (TPSA) is 155 Å². The number of aromatic hydroxyl groups is 2. The molecule has 3 fully saturated rings. The van der Waals surface area contributed by atoms with Gasteiger partial charge in [0.2, 0.25) is 0 Å². The normalized spacial score (nSPS) is 45.1. The Morgan fingerprint density at radius 1 is 0.974 bits per heavy atom. The number of rotatable bonds is 2. The maximum Gasteiger partial charge on any atom is 1.00 e. The van der Waals surface area contributed by atoms with E-state index in [1.54, 1.807) is 0 Å². The van der Waals surface area contributed by atoms with Crippen LogP contribution in [0.25, 0.3) is 0 Å². The third-order valence-corrected chi connectivity index (χ3v) is 13.7. The molecule has 0 bridgehead atoms. The van der Waals surface area contributed by atoms with Gasteiger partial charge in [-0.3, -0.25) is 4.79 Å². The fraction of sp³-hybridized carbons (Fsp3) is 0.759. The van der Waals surface area contributed by atoms with E-state index in [-0.39, 0.29) is 57.8 Å². The van der Waals surface area contributed by atoms with Crippen molar-refractivity contribution in [1.29, 1.82) is 0 Å². The van der Waals surface area contributed by atoms with Gasteiger partial charge < -0.3 is 25.0 Å². The molecule has 8 nitrogen and oxygen atoms in total. The van der Waals surface area contributed by atoms with Gasteiger partial charge in [0.1, 0.15) is 15.4 Å². The van der Waals surface area contributed by atoms with Crippen molar-refractivity contribution in [2.24, 2.45) is 33.5 Å². The van der Waals surface area contributed by atoms with Crippen molar-refractivity contribution < 1.29 is 67.7 Å². The number of carboxylic acids is 1. The van der Waals surface area contributed by atoms with E-state index in [0.29, 0.717) is 31.2 Å². The maximum atomic E-state index is 12.7. The predicted octanol–water partition coefficient (Wildman–Crippen LogP) is 1.74. The molecule has 212 valence electrons. The van der Waals surface area contributed by atoms with Gasteiger partial charge in [-0.2, -0.15) is 0 Å². The summed E-state index contributed by atoms with van der Waals surface area (Å²) in [5, 5.41) is 41.3. The number of aliphatic hydroxyl groups excluding tert-OH is 1. The molecule has 5 rings (SSSR count). The quantitative estimate of drug-likeness (QED) is 0.237. The van der Waals surface area contributed by atoms with Crippen LogP contribution in [-0.2, 0) is 20.3 Å². The molecule has 4 aliphatic rings. The molecular formula is C29H41NaO8S. The zero-order chi connectivity index (χ0) is 28.4. The number of carbonyl (C=O) groups is 1. The van der Waals surface area contributed by atoms with E-state index in [1.165, 1.54) is 13.0 Å². The molecule has 1 aromatic carbocycles. The first-order valence-electron chi connectivity index (χ1n) is 13.7. The Balaban J connectivity index is 0.00000353. The van der Waals surface area contributed by atoms with E-state index in [0.717, 1.165) is 19.3 Å². The predicted molar refractivity (Wildman–Crippen MR) is 140 cm³/mol. The molecule has 0 amide bonds. The minimum atomic E-state index is -5.04. The minimum absolute atomic E-state index is 0. The second kappa shape index (κ2) is 9.08. The van der Waals surface area contributed by atoms with Crippen molar-refractivity contribution >= 4 is 16.1 Å².